The maximum atomic E-state index is 13.1. The predicted octanol–water partition coefficient (Wildman–Crippen LogP) is 2.63. The van der Waals surface area contributed by atoms with Crippen LogP contribution < -0.4 is 0 Å². The largest absolute Gasteiger partial charge is 0.391 e. The summed E-state index contributed by atoms with van der Waals surface area (Å²) in [5.41, 5.74) is 0. The van der Waals surface area contributed by atoms with Crippen molar-refractivity contribution in [3.63, 3.8) is 0 Å². The predicted molar refractivity (Wildman–Crippen MR) is 55.0 cm³/mol. The molecule has 0 radical (unpaired) electrons. The van der Waals surface area contributed by atoms with Crippen molar-refractivity contribution >= 4 is 11.9 Å². The monoisotopic (exact) mass is 218 g/mol. The van der Waals surface area contributed by atoms with Gasteiger partial charge >= 0.3 is 11.9 Å². The number of hydrogen-bond acceptors (Lipinski definition) is 3. The van der Waals surface area contributed by atoms with E-state index in [2.05, 4.69) is 4.74 Å². The molecule has 3 nitrogen and oxygen atoms in total. The smallest absolute Gasteiger partial charge is 0.348 e. The van der Waals surface area contributed by atoms with Crippen LogP contribution in [0.3, 0.4) is 0 Å². The summed E-state index contributed by atoms with van der Waals surface area (Å²) < 4.78 is 17.5. The molecule has 0 aromatic carbocycles. The molecule has 0 aliphatic rings. The Bertz CT molecular complexity index is 214. The molecule has 0 aliphatic heterocycles. The van der Waals surface area contributed by atoms with Crippen molar-refractivity contribution in [2.45, 2.75) is 52.6 Å². The van der Waals surface area contributed by atoms with Crippen molar-refractivity contribution in [2.24, 2.45) is 5.92 Å². The molecule has 0 spiro atoms. The van der Waals surface area contributed by atoms with E-state index in [4.69, 9.17) is 0 Å². The fourth-order valence-electron chi connectivity index (χ4n) is 1.06. The number of carbonyl (C=O) groups is 2. The van der Waals surface area contributed by atoms with Crippen molar-refractivity contribution in [1.82, 2.24) is 0 Å². The van der Waals surface area contributed by atoms with E-state index < -0.39 is 18.1 Å². The quantitative estimate of drug-likeness (QED) is 0.508. The Balaban J connectivity index is 3.85. The summed E-state index contributed by atoms with van der Waals surface area (Å²) >= 11 is 0. The summed E-state index contributed by atoms with van der Waals surface area (Å²) in [6, 6.07) is 0. The lowest BCUT2D eigenvalue weighted by Crippen LogP contribution is -2.23. The van der Waals surface area contributed by atoms with Crippen LogP contribution in [-0.2, 0) is 14.3 Å². The van der Waals surface area contributed by atoms with Gasteiger partial charge < -0.3 is 4.74 Å². The maximum Gasteiger partial charge on any atom is 0.348 e. The van der Waals surface area contributed by atoms with Gasteiger partial charge in [0.1, 0.15) is 0 Å². The molecule has 0 rings (SSSR count). The Hall–Kier alpha value is -0.930. The molecule has 0 aromatic heterocycles. The van der Waals surface area contributed by atoms with Gasteiger partial charge in [-0.15, -0.1) is 0 Å². The molecule has 4 heteroatoms. The van der Waals surface area contributed by atoms with Crippen LogP contribution in [-0.4, -0.2) is 18.1 Å². The summed E-state index contributed by atoms with van der Waals surface area (Å²) in [6.45, 7) is 5.53. The first-order valence-corrected chi connectivity index (χ1v) is 5.36. The molecule has 0 aliphatic carbocycles. The number of unbranched alkanes of at least 4 members (excludes halogenated alkanes) is 1. The molecule has 1 unspecified atom stereocenters. The minimum atomic E-state index is -1.68. The molecule has 0 saturated carbocycles. The summed E-state index contributed by atoms with van der Waals surface area (Å²) in [4.78, 5) is 22.0. The lowest BCUT2D eigenvalue weighted by Gasteiger charge is -2.09. The van der Waals surface area contributed by atoms with Gasteiger partial charge in [0.05, 0.1) is 0 Å². The molecule has 0 aromatic rings. The number of carbonyl (C=O) groups excluding carboxylic acids is 2. The average molecular weight is 218 g/mol. The van der Waals surface area contributed by atoms with E-state index >= 15 is 0 Å². The van der Waals surface area contributed by atoms with Gasteiger partial charge in [-0.05, 0) is 18.8 Å². The van der Waals surface area contributed by atoms with E-state index in [1.165, 1.54) is 0 Å². The first-order chi connectivity index (χ1) is 6.97. The summed E-state index contributed by atoms with van der Waals surface area (Å²) in [5.74, 6) is -1.61. The second-order valence-electron chi connectivity index (χ2n) is 3.99. The SMILES string of the molecule is CCCCC(=O)OC(=O)C(F)CC(C)C. The van der Waals surface area contributed by atoms with Gasteiger partial charge in [0.2, 0.25) is 0 Å². The van der Waals surface area contributed by atoms with Gasteiger partial charge in [-0.1, -0.05) is 27.2 Å². The van der Waals surface area contributed by atoms with Gasteiger partial charge in [0.25, 0.3) is 0 Å². The highest BCUT2D eigenvalue weighted by molar-refractivity contribution is 5.87. The first-order valence-electron chi connectivity index (χ1n) is 5.36. The fraction of sp³-hybridized carbons (Fsp3) is 0.818. The van der Waals surface area contributed by atoms with E-state index in [-0.39, 0.29) is 18.8 Å². The lowest BCUT2D eigenvalue weighted by atomic mass is 10.1. The number of ether oxygens (including phenoxy) is 1. The third-order valence-electron chi connectivity index (χ3n) is 1.88. The van der Waals surface area contributed by atoms with Crippen LogP contribution >= 0.6 is 0 Å². The van der Waals surface area contributed by atoms with E-state index in [1.54, 1.807) is 13.8 Å². The van der Waals surface area contributed by atoms with E-state index in [9.17, 15) is 14.0 Å². The normalized spacial score (nSPS) is 12.6. The molecular weight excluding hydrogens is 199 g/mol. The molecule has 1 atom stereocenters. The van der Waals surface area contributed by atoms with Crippen LogP contribution in [0.4, 0.5) is 4.39 Å². The Morgan fingerprint density at radius 3 is 2.40 bits per heavy atom. The van der Waals surface area contributed by atoms with E-state index in [1.807, 2.05) is 6.92 Å². The topological polar surface area (TPSA) is 43.4 Å². The van der Waals surface area contributed by atoms with Crippen LogP contribution in [0, 0.1) is 5.92 Å². The Morgan fingerprint density at radius 2 is 1.93 bits per heavy atom. The van der Waals surface area contributed by atoms with Crippen LogP contribution in [0.15, 0.2) is 0 Å². The van der Waals surface area contributed by atoms with Crippen molar-refractivity contribution in [1.29, 1.82) is 0 Å². The average Bonchev–Trinajstić information content (AvgIpc) is 2.13. The van der Waals surface area contributed by atoms with Gasteiger partial charge in [0.15, 0.2) is 6.17 Å². The van der Waals surface area contributed by atoms with E-state index in [0.717, 1.165) is 6.42 Å². The van der Waals surface area contributed by atoms with Crippen LogP contribution in [0.2, 0.25) is 0 Å². The first kappa shape index (κ1) is 14.1. The Morgan fingerprint density at radius 1 is 1.33 bits per heavy atom. The maximum absolute atomic E-state index is 13.1. The Labute approximate surface area is 90.0 Å². The zero-order valence-corrected chi connectivity index (χ0v) is 9.59. The summed E-state index contributed by atoms with van der Waals surface area (Å²) in [6.07, 6.45) is 0.0913. The van der Waals surface area contributed by atoms with Crippen molar-refractivity contribution in [3.05, 3.63) is 0 Å². The molecule has 0 fully saturated rings. The molecule has 88 valence electrons. The van der Waals surface area contributed by atoms with Gasteiger partial charge in [-0.25, -0.2) is 9.18 Å². The highest BCUT2D eigenvalue weighted by Crippen LogP contribution is 2.10. The number of rotatable bonds is 6. The molecule has 0 heterocycles. The third kappa shape index (κ3) is 7.05. The van der Waals surface area contributed by atoms with Gasteiger partial charge in [-0.3, -0.25) is 4.79 Å². The molecule has 0 saturated heterocycles. The summed E-state index contributed by atoms with van der Waals surface area (Å²) in [7, 11) is 0. The number of hydrogen-bond donors (Lipinski definition) is 0. The minimum absolute atomic E-state index is 0.0679. The lowest BCUT2D eigenvalue weighted by molar-refractivity contribution is -0.163. The van der Waals surface area contributed by atoms with Crippen LogP contribution in [0.25, 0.3) is 0 Å². The van der Waals surface area contributed by atoms with Crippen LogP contribution in [0.5, 0.6) is 0 Å². The van der Waals surface area contributed by atoms with Gasteiger partial charge in [0, 0.05) is 6.42 Å². The minimum Gasteiger partial charge on any atom is -0.391 e. The number of halogens is 1. The van der Waals surface area contributed by atoms with Crippen molar-refractivity contribution in [2.75, 3.05) is 0 Å². The van der Waals surface area contributed by atoms with Crippen molar-refractivity contribution < 1.29 is 18.7 Å². The molecule has 0 bridgehead atoms. The summed E-state index contributed by atoms with van der Waals surface area (Å²) in [5, 5.41) is 0. The van der Waals surface area contributed by atoms with Gasteiger partial charge in [-0.2, -0.15) is 0 Å². The fourth-order valence-corrected chi connectivity index (χ4v) is 1.06. The molecular formula is C11H19FO3. The highest BCUT2D eigenvalue weighted by atomic mass is 19.1. The second-order valence-corrected chi connectivity index (χ2v) is 3.99. The second kappa shape index (κ2) is 7.37. The van der Waals surface area contributed by atoms with E-state index in [0.29, 0.717) is 6.42 Å². The number of alkyl halides is 1. The zero-order chi connectivity index (χ0) is 11.8. The zero-order valence-electron chi connectivity index (χ0n) is 9.59. The molecule has 15 heavy (non-hydrogen) atoms. The standard InChI is InChI=1S/C11H19FO3/c1-4-5-6-10(13)15-11(14)9(12)7-8(2)3/h8-9H,4-7H2,1-3H3. The molecule has 0 amide bonds. The van der Waals surface area contributed by atoms with Crippen molar-refractivity contribution in [3.8, 4) is 0 Å². The molecule has 0 N–H and O–H groups in total. The third-order valence-corrected chi connectivity index (χ3v) is 1.88. The van der Waals surface area contributed by atoms with Crippen LogP contribution in [0.1, 0.15) is 46.5 Å². The Kier molecular flexibility index (Phi) is 6.92. The highest BCUT2D eigenvalue weighted by Gasteiger charge is 2.22. The number of esters is 2.